The number of methoxy groups -OCH3 is 1. The number of aryl methyl sites for hydroxylation is 2. The summed E-state index contributed by atoms with van der Waals surface area (Å²) < 4.78 is 43.7. The van der Waals surface area contributed by atoms with Crippen molar-refractivity contribution in [3.8, 4) is 0 Å². The van der Waals surface area contributed by atoms with Gasteiger partial charge in [-0.25, -0.2) is 8.42 Å². The molecule has 0 N–H and O–H groups in total. The topological polar surface area (TPSA) is 94.8 Å². The first-order valence-corrected chi connectivity index (χ1v) is 11.5. The summed E-state index contributed by atoms with van der Waals surface area (Å²) in [4.78, 5) is 4.62. The molecule has 1 fully saturated rings. The molecule has 0 saturated carbocycles. The molecular weight excluding hydrogens is 394 g/mol. The van der Waals surface area contributed by atoms with E-state index in [1.54, 1.807) is 17.5 Å². The summed E-state index contributed by atoms with van der Waals surface area (Å²) in [5.41, 5.74) is 2.45. The molecule has 0 amide bonds. The van der Waals surface area contributed by atoms with Gasteiger partial charge in [0.05, 0.1) is 17.6 Å². The van der Waals surface area contributed by atoms with Crippen LogP contribution in [0.15, 0.2) is 27.6 Å². The number of hydrogen-bond acceptors (Lipinski definition) is 7. The van der Waals surface area contributed by atoms with Crippen LogP contribution in [-0.4, -0.2) is 55.8 Å². The molecule has 1 atom stereocenters. The molecule has 2 aromatic rings. The van der Waals surface area contributed by atoms with Crippen LogP contribution >= 0.6 is 0 Å². The summed E-state index contributed by atoms with van der Waals surface area (Å²) in [6.45, 7) is 1.61. The lowest BCUT2D eigenvalue weighted by Gasteiger charge is -2.32. The van der Waals surface area contributed by atoms with Crippen molar-refractivity contribution in [3.05, 3.63) is 41.0 Å². The SMILES string of the molecule is COCc1nc(CCOC2CCCN(S(=O)(=O)c3ccc4c(c3)CCC4)C2)no1. The monoisotopic (exact) mass is 421 g/mol. The van der Waals surface area contributed by atoms with E-state index in [1.165, 1.54) is 11.1 Å². The number of ether oxygens (including phenoxy) is 2. The molecule has 0 radical (unpaired) electrons. The van der Waals surface area contributed by atoms with Crippen molar-refractivity contribution in [1.82, 2.24) is 14.4 Å². The Balaban J connectivity index is 1.33. The predicted molar refractivity (Wildman–Crippen MR) is 105 cm³/mol. The van der Waals surface area contributed by atoms with E-state index >= 15 is 0 Å². The zero-order valence-electron chi connectivity index (χ0n) is 16.7. The van der Waals surface area contributed by atoms with Gasteiger partial charge in [0.15, 0.2) is 5.82 Å². The first kappa shape index (κ1) is 20.5. The molecule has 1 unspecified atom stereocenters. The zero-order chi connectivity index (χ0) is 20.3. The predicted octanol–water partition coefficient (Wildman–Crippen LogP) is 2.12. The summed E-state index contributed by atoms with van der Waals surface area (Å²) in [7, 11) is -1.93. The highest BCUT2D eigenvalue weighted by Crippen LogP contribution is 2.28. The number of sulfonamides is 1. The lowest BCUT2D eigenvalue weighted by atomic mass is 10.1. The maximum absolute atomic E-state index is 13.1. The van der Waals surface area contributed by atoms with Crippen LogP contribution in [-0.2, 0) is 45.4 Å². The molecule has 1 aliphatic heterocycles. The van der Waals surface area contributed by atoms with Gasteiger partial charge in [-0.05, 0) is 55.4 Å². The van der Waals surface area contributed by atoms with Crippen LogP contribution in [0.2, 0.25) is 0 Å². The molecule has 2 aliphatic rings. The second-order valence-electron chi connectivity index (χ2n) is 7.57. The van der Waals surface area contributed by atoms with Crippen LogP contribution in [0.5, 0.6) is 0 Å². The van der Waals surface area contributed by atoms with Gasteiger partial charge in [-0.2, -0.15) is 9.29 Å². The lowest BCUT2D eigenvalue weighted by molar-refractivity contribution is 0.0199. The summed E-state index contributed by atoms with van der Waals surface area (Å²) in [5.74, 6) is 1.00. The van der Waals surface area contributed by atoms with Crippen LogP contribution in [0.25, 0.3) is 0 Å². The highest BCUT2D eigenvalue weighted by molar-refractivity contribution is 7.89. The van der Waals surface area contributed by atoms with E-state index in [-0.39, 0.29) is 12.7 Å². The number of fused-ring (bicyclic) bond motifs is 1. The average molecular weight is 422 g/mol. The highest BCUT2D eigenvalue weighted by atomic mass is 32.2. The molecule has 4 rings (SSSR count). The second-order valence-corrected chi connectivity index (χ2v) is 9.51. The van der Waals surface area contributed by atoms with E-state index in [0.717, 1.165) is 32.1 Å². The maximum atomic E-state index is 13.1. The normalized spacial score (nSPS) is 20.1. The third-order valence-electron chi connectivity index (χ3n) is 5.51. The minimum absolute atomic E-state index is 0.127. The Morgan fingerprint density at radius 2 is 2.10 bits per heavy atom. The van der Waals surface area contributed by atoms with Crippen molar-refractivity contribution in [2.45, 2.75) is 56.1 Å². The molecular formula is C20H27N3O5S. The van der Waals surface area contributed by atoms with Crippen LogP contribution in [0, 0.1) is 0 Å². The summed E-state index contributed by atoms with van der Waals surface area (Å²) in [6, 6.07) is 5.57. The van der Waals surface area contributed by atoms with Crippen LogP contribution < -0.4 is 0 Å². The van der Waals surface area contributed by atoms with Crippen LogP contribution in [0.4, 0.5) is 0 Å². The van der Waals surface area contributed by atoms with Gasteiger partial charge in [-0.15, -0.1) is 0 Å². The van der Waals surface area contributed by atoms with Crippen molar-refractivity contribution in [2.75, 3.05) is 26.8 Å². The third kappa shape index (κ3) is 4.69. The van der Waals surface area contributed by atoms with E-state index in [9.17, 15) is 8.42 Å². The standard InChI is InChI=1S/C20H27N3O5S/c1-26-14-20-21-19(22-28-20)9-11-27-17-6-3-10-23(13-17)29(24,25)18-8-7-15-4-2-5-16(15)12-18/h7-8,12,17H,2-6,9-11,13-14H2,1H3. The van der Waals surface area contributed by atoms with Crippen LogP contribution in [0.3, 0.4) is 0 Å². The van der Waals surface area contributed by atoms with E-state index in [2.05, 4.69) is 10.1 Å². The molecule has 1 saturated heterocycles. The molecule has 0 spiro atoms. The third-order valence-corrected chi connectivity index (χ3v) is 7.37. The van der Waals surface area contributed by atoms with Crippen LogP contribution in [0.1, 0.15) is 42.1 Å². The molecule has 1 aromatic heterocycles. The minimum atomic E-state index is -3.50. The van der Waals surface area contributed by atoms with Gasteiger partial charge in [-0.3, -0.25) is 0 Å². The Hall–Kier alpha value is -1.81. The van der Waals surface area contributed by atoms with Crippen molar-refractivity contribution in [1.29, 1.82) is 0 Å². The second kappa shape index (κ2) is 8.91. The number of aromatic nitrogens is 2. The largest absolute Gasteiger partial charge is 0.376 e. The van der Waals surface area contributed by atoms with E-state index < -0.39 is 10.0 Å². The molecule has 29 heavy (non-hydrogen) atoms. The number of piperidine rings is 1. The molecule has 158 valence electrons. The zero-order valence-corrected chi connectivity index (χ0v) is 17.5. The van der Waals surface area contributed by atoms with Gasteiger partial charge < -0.3 is 14.0 Å². The average Bonchev–Trinajstić information content (AvgIpc) is 3.37. The quantitative estimate of drug-likeness (QED) is 0.644. The summed E-state index contributed by atoms with van der Waals surface area (Å²) in [5, 5.41) is 3.89. The van der Waals surface area contributed by atoms with Gasteiger partial charge in [0.2, 0.25) is 10.0 Å². The van der Waals surface area contributed by atoms with Crippen molar-refractivity contribution in [2.24, 2.45) is 0 Å². The molecule has 1 aromatic carbocycles. The number of nitrogens with zero attached hydrogens (tertiary/aromatic N) is 3. The van der Waals surface area contributed by atoms with E-state index in [4.69, 9.17) is 14.0 Å². The van der Waals surface area contributed by atoms with E-state index in [1.807, 2.05) is 12.1 Å². The van der Waals surface area contributed by atoms with E-state index in [0.29, 0.717) is 42.7 Å². The Morgan fingerprint density at radius 3 is 2.97 bits per heavy atom. The van der Waals surface area contributed by atoms with Crippen molar-refractivity contribution in [3.63, 3.8) is 0 Å². The smallest absolute Gasteiger partial charge is 0.252 e. The first-order valence-electron chi connectivity index (χ1n) is 10.1. The minimum Gasteiger partial charge on any atom is -0.376 e. The molecule has 2 heterocycles. The van der Waals surface area contributed by atoms with Gasteiger partial charge in [0.1, 0.15) is 6.61 Å². The number of benzene rings is 1. The Kier molecular flexibility index (Phi) is 6.29. The van der Waals surface area contributed by atoms with Crippen molar-refractivity contribution < 1.29 is 22.4 Å². The Labute approximate surface area is 171 Å². The summed E-state index contributed by atoms with van der Waals surface area (Å²) in [6.07, 6.45) is 5.13. The fraction of sp³-hybridized carbons (Fsp3) is 0.600. The Morgan fingerprint density at radius 1 is 1.24 bits per heavy atom. The number of hydrogen-bond donors (Lipinski definition) is 0. The highest BCUT2D eigenvalue weighted by Gasteiger charge is 2.31. The molecule has 1 aliphatic carbocycles. The summed E-state index contributed by atoms with van der Waals surface area (Å²) >= 11 is 0. The maximum Gasteiger partial charge on any atom is 0.252 e. The first-order chi connectivity index (χ1) is 14.1. The molecule has 8 nitrogen and oxygen atoms in total. The van der Waals surface area contributed by atoms with Gasteiger partial charge in [-0.1, -0.05) is 11.2 Å². The van der Waals surface area contributed by atoms with Gasteiger partial charge in [0, 0.05) is 26.6 Å². The molecule has 0 bridgehead atoms. The number of rotatable bonds is 8. The molecule has 9 heteroatoms. The van der Waals surface area contributed by atoms with Gasteiger partial charge >= 0.3 is 0 Å². The fourth-order valence-corrected chi connectivity index (χ4v) is 5.57. The van der Waals surface area contributed by atoms with Crippen molar-refractivity contribution >= 4 is 10.0 Å². The Bertz CT molecular complexity index is 943. The fourth-order valence-electron chi connectivity index (χ4n) is 4.01. The lowest BCUT2D eigenvalue weighted by Crippen LogP contribution is -2.43. The van der Waals surface area contributed by atoms with Gasteiger partial charge in [0.25, 0.3) is 5.89 Å².